The van der Waals surface area contributed by atoms with Gasteiger partial charge >= 0.3 is 6.01 Å². The first-order chi connectivity index (χ1) is 10.1. The zero-order valence-electron chi connectivity index (χ0n) is 12.6. The van der Waals surface area contributed by atoms with E-state index in [1.807, 2.05) is 56.4 Å². The molecule has 0 fully saturated rings. The molecule has 0 saturated carbocycles. The Labute approximate surface area is 129 Å². The van der Waals surface area contributed by atoms with Gasteiger partial charge in [0.25, 0.3) is 0 Å². The third kappa shape index (κ3) is 4.22. The predicted molar refractivity (Wildman–Crippen MR) is 86.6 cm³/mol. The smallest absolute Gasteiger partial charge is 0.328 e. The van der Waals surface area contributed by atoms with Crippen molar-refractivity contribution < 1.29 is 4.74 Å². The molecule has 0 spiro atoms. The van der Waals surface area contributed by atoms with Crippen molar-refractivity contribution in [2.45, 2.75) is 11.8 Å². The summed E-state index contributed by atoms with van der Waals surface area (Å²) in [5, 5.41) is 3.07. The normalized spacial score (nSPS) is 10.3. The van der Waals surface area contributed by atoms with Gasteiger partial charge in [-0.2, -0.15) is 15.0 Å². The number of anilines is 2. The van der Waals surface area contributed by atoms with Gasteiger partial charge in [0.1, 0.15) is 5.75 Å². The molecule has 2 rings (SSSR count). The van der Waals surface area contributed by atoms with Gasteiger partial charge in [-0.1, -0.05) is 0 Å². The lowest BCUT2D eigenvalue weighted by atomic mass is 10.3. The number of benzene rings is 1. The van der Waals surface area contributed by atoms with Gasteiger partial charge in [0.05, 0.1) is 0 Å². The first-order valence-electron chi connectivity index (χ1n) is 6.61. The number of nitrogens with one attached hydrogen (secondary N) is 1. The second-order valence-corrected chi connectivity index (χ2v) is 5.32. The lowest BCUT2D eigenvalue weighted by Crippen LogP contribution is -2.15. The fourth-order valence-corrected chi connectivity index (χ4v) is 1.99. The molecule has 0 saturated heterocycles. The van der Waals surface area contributed by atoms with E-state index in [2.05, 4.69) is 20.3 Å². The number of rotatable bonds is 6. The van der Waals surface area contributed by atoms with Crippen molar-refractivity contribution in [3.8, 4) is 11.8 Å². The van der Waals surface area contributed by atoms with Gasteiger partial charge < -0.3 is 15.0 Å². The van der Waals surface area contributed by atoms with E-state index >= 15 is 0 Å². The van der Waals surface area contributed by atoms with Gasteiger partial charge in [-0.25, -0.2) is 0 Å². The van der Waals surface area contributed by atoms with E-state index in [-0.39, 0.29) is 6.01 Å². The van der Waals surface area contributed by atoms with Crippen LogP contribution < -0.4 is 15.0 Å². The van der Waals surface area contributed by atoms with E-state index in [4.69, 9.17) is 4.74 Å². The Balaban J connectivity index is 2.24. The number of aromatic nitrogens is 3. The molecule has 0 amide bonds. The van der Waals surface area contributed by atoms with E-state index in [9.17, 15) is 0 Å². The first kappa shape index (κ1) is 15.4. The second-order valence-electron chi connectivity index (χ2n) is 4.44. The maximum absolute atomic E-state index is 5.72. The molecule has 112 valence electrons. The van der Waals surface area contributed by atoms with Crippen LogP contribution in [0.4, 0.5) is 11.9 Å². The molecule has 0 aliphatic carbocycles. The molecule has 1 heterocycles. The third-order valence-corrected chi connectivity index (χ3v) is 3.35. The van der Waals surface area contributed by atoms with E-state index in [0.29, 0.717) is 17.6 Å². The summed E-state index contributed by atoms with van der Waals surface area (Å²) >= 11 is 1.69. The van der Waals surface area contributed by atoms with Crippen molar-refractivity contribution in [3.63, 3.8) is 0 Å². The Morgan fingerprint density at radius 2 is 1.86 bits per heavy atom. The van der Waals surface area contributed by atoms with Crippen molar-refractivity contribution in [3.05, 3.63) is 24.3 Å². The molecule has 21 heavy (non-hydrogen) atoms. The lowest BCUT2D eigenvalue weighted by molar-refractivity contribution is 0.440. The van der Waals surface area contributed by atoms with Crippen LogP contribution in [0.5, 0.6) is 11.8 Å². The molecule has 1 aromatic carbocycles. The predicted octanol–water partition coefficient (Wildman–Crippen LogP) is 2.88. The minimum absolute atomic E-state index is 0.279. The van der Waals surface area contributed by atoms with E-state index in [1.165, 1.54) is 4.90 Å². The molecule has 0 atom stereocenters. The lowest BCUT2D eigenvalue weighted by Gasteiger charge is -2.13. The molecule has 1 N–H and O–H groups in total. The summed E-state index contributed by atoms with van der Waals surface area (Å²) in [5.41, 5.74) is 0. The van der Waals surface area contributed by atoms with Gasteiger partial charge in [0, 0.05) is 25.5 Å². The summed E-state index contributed by atoms with van der Waals surface area (Å²) in [7, 11) is 3.75. The zero-order chi connectivity index (χ0) is 15.2. The molecule has 0 aliphatic heterocycles. The summed E-state index contributed by atoms with van der Waals surface area (Å²) in [6, 6.07) is 8.08. The van der Waals surface area contributed by atoms with Gasteiger partial charge in [0.2, 0.25) is 11.9 Å². The molecule has 0 radical (unpaired) electrons. The molecular formula is C14H19N5OS. The molecular weight excluding hydrogens is 286 g/mol. The molecule has 0 aliphatic rings. The monoisotopic (exact) mass is 305 g/mol. The van der Waals surface area contributed by atoms with E-state index in [0.717, 1.165) is 6.54 Å². The fourth-order valence-electron chi connectivity index (χ4n) is 1.58. The van der Waals surface area contributed by atoms with E-state index in [1.54, 1.807) is 11.8 Å². The first-order valence-corrected chi connectivity index (χ1v) is 7.84. The number of ether oxygens (including phenoxy) is 1. The molecule has 2 aromatic rings. The Morgan fingerprint density at radius 3 is 2.43 bits per heavy atom. The molecule has 7 heteroatoms. The molecule has 1 aromatic heterocycles. The highest BCUT2D eigenvalue weighted by molar-refractivity contribution is 7.98. The molecule has 6 nitrogen and oxygen atoms in total. The summed E-state index contributed by atoms with van der Waals surface area (Å²) in [6.07, 6.45) is 2.04. The van der Waals surface area contributed by atoms with E-state index < -0.39 is 0 Å². The van der Waals surface area contributed by atoms with Crippen molar-refractivity contribution in [2.75, 3.05) is 37.1 Å². The average molecular weight is 305 g/mol. The fraction of sp³-hybridized carbons (Fsp3) is 0.357. The highest BCUT2D eigenvalue weighted by Gasteiger charge is 2.09. The van der Waals surface area contributed by atoms with Crippen molar-refractivity contribution in [1.29, 1.82) is 0 Å². The number of hydrogen-bond acceptors (Lipinski definition) is 7. The van der Waals surface area contributed by atoms with Crippen LogP contribution in [0.15, 0.2) is 29.2 Å². The SMILES string of the molecule is CCNc1nc(Oc2ccc(SC)cc2)nc(N(C)C)n1. The zero-order valence-corrected chi connectivity index (χ0v) is 13.4. The number of nitrogens with zero attached hydrogens (tertiary/aromatic N) is 4. The van der Waals surface area contributed by atoms with Crippen LogP contribution in [-0.2, 0) is 0 Å². The summed E-state index contributed by atoms with van der Waals surface area (Å²) in [5.74, 6) is 1.76. The minimum atomic E-state index is 0.279. The Morgan fingerprint density at radius 1 is 1.14 bits per heavy atom. The Hall–Kier alpha value is -2.02. The van der Waals surface area contributed by atoms with Gasteiger partial charge in [-0.3, -0.25) is 0 Å². The largest absolute Gasteiger partial charge is 0.424 e. The topological polar surface area (TPSA) is 63.2 Å². The van der Waals surface area contributed by atoms with Gasteiger partial charge in [0.15, 0.2) is 0 Å². The highest BCUT2D eigenvalue weighted by Crippen LogP contribution is 2.23. The second kappa shape index (κ2) is 7.12. The van der Waals surface area contributed by atoms with Crippen molar-refractivity contribution in [2.24, 2.45) is 0 Å². The van der Waals surface area contributed by atoms with Crippen molar-refractivity contribution >= 4 is 23.7 Å². The number of thioether (sulfide) groups is 1. The minimum Gasteiger partial charge on any atom is -0.424 e. The summed E-state index contributed by atoms with van der Waals surface area (Å²) in [6.45, 7) is 2.72. The summed E-state index contributed by atoms with van der Waals surface area (Å²) < 4.78 is 5.72. The molecule has 0 unspecified atom stereocenters. The summed E-state index contributed by atoms with van der Waals surface area (Å²) in [4.78, 5) is 15.8. The van der Waals surface area contributed by atoms with Crippen LogP contribution in [0.1, 0.15) is 6.92 Å². The van der Waals surface area contributed by atoms with Gasteiger partial charge in [-0.15, -0.1) is 11.8 Å². The van der Waals surface area contributed by atoms with Crippen LogP contribution in [0.3, 0.4) is 0 Å². The van der Waals surface area contributed by atoms with Crippen LogP contribution in [0.2, 0.25) is 0 Å². The van der Waals surface area contributed by atoms with Gasteiger partial charge in [-0.05, 0) is 37.4 Å². The van der Waals surface area contributed by atoms with Crippen LogP contribution in [0, 0.1) is 0 Å². The Kier molecular flexibility index (Phi) is 5.21. The highest BCUT2D eigenvalue weighted by atomic mass is 32.2. The maximum Gasteiger partial charge on any atom is 0.328 e. The average Bonchev–Trinajstić information content (AvgIpc) is 2.48. The third-order valence-electron chi connectivity index (χ3n) is 2.61. The quantitative estimate of drug-likeness (QED) is 0.823. The maximum atomic E-state index is 5.72. The Bertz CT molecular complexity index is 588. The van der Waals surface area contributed by atoms with Crippen molar-refractivity contribution in [1.82, 2.24) is 15.0 Å². The standard InChI is InChI=1S/C14H19N5OS/c1-5-15-12-16-13(19(2)3)18-14(17-12)20-10-6-8-11(21-4)9-7-10/h6-9H,5H2,1-4H3,(H,15,16,17,18). The van der Waals surface area contributed by atoms with Crippen LogP contribution >= 0.6 is 11.8 Å². The van der Waals surface area contributed by atoms with Crippen LogP contribution in [-0.4, -0.2) is 41.8 Å². The molecule has 0 bridgehead atoms. The number of hydrogen-bond donors (Lipinski definition) is 1. The van der Waals surface area contributed by atoms with Crippen LogP contribution in [0.25, 0.3) is 0 Å².